The molecule has 1 unspecified atom stereocenters. The van der Waals surface area contributed by atoms with E-state index in [4.69, 9.17) is 4.74 Å². The first-order valence-corrected chi connectivity index (χ1v) is 6.93. The van der Waals surface area contributed by atoms with Gasteiger partial charge < -0.3 is 14.4 Å². The summed E-state index contributed by atoms with van der Waals surface area (Å²) in [5.74, 6) is 1.69. The van der Waals surface area contributed by atoms with E-state index in [1.807, 2.05) is 36.0 Å². The van der Waals surface area contributed by atoms with Gasteiger partial charge in [0.1, 0.15) is 11.6 Å². The third-order valence-electron chi connectivity index (χ3n) is 2.93. The Morgan fingerprint density at radius 3 is 2.89 bits per heavy atom. The summed E-state index contributed by atoms with van der Waals surface area (Å²) in [4.78, 5) is 4.25. The maximum Gasteiger partial charge on any atom is 0.126 e. The molecule has 4 nitrogen and oxygen atoms in total. The van der Waals surface area contributed by atoms with Crippen molar-refractivity contribution in [2.75, 3.05) is 6.61 Å². The van der Waals surface area contributed by atoms with Crippen molar-refractivity contribution in [3.63, 3.8) is 0 Å². The van der Waals surface area contributed by atoms with Crippen LogP contribution in [0.4, 0.5) is 0 Å². The summed E-state index contributed by atoms with van der Waals surface area (Å²) in [6.45, 7) is 2.26. The van der Waals surface area contributed by atoms with Gasteiger partial charge in [-0.25, -0.2) is 4.98 Å². The van der Waals surface area contributed by atoms with Gasteiger partial charge in [0, 0.05) is 35.9 Å². The molecule has 0 amide bonds. The van der Waals surface area contributed by atoms with E-state index in [2.05, 4.69) is 20.9 Å². The average molecular weight is 325 g/mol. The molecular weight excluding hydrogens is 308 g/mol. The van der Waals surface area contributed by atoms with Gasteiger partial charge in [-0.3, -0.25) is 0 Å². The molecule has 0 radical (unpaired) electrons. The maximum atomic E-state index is 9.71. The van der Waals surface area contributed by atoms with Crippen LogP contribution in [0.2, 0.25) is 0 Å². The fourth-order valence-corrected chi connectivity index (χ4v) is 2.21. The van der Waals surface area contributed by atoms with E-state index in [1.165, 1.54) is 0 Å². The normalized spacial score (nSPS) is 12.4. The number of benzene rings is 1. The fourth-order valence-electron chi connectivity index (χ4n) is 1.87. The van der Waals surface area contributed by atoms with Crippen molar-refractivity contribution in [1.82, 2.24) is 9.55 Å². The number of aromatic nitrogens is 2. The van der Waals surface area contributed by atoms with E-state index in [0.29, 0.717) is 12.4 Å². The maximum absolute atomic E-state index is 9.71. The summed E-state index contributed by atoms with van der Waals surface area (Å²) in [6.07, 6.45) is 3.87. The Hall–Kier alpha value is -1.33. The Labute approximate surface area is 121 Å². The summed E-state index contributed by atoms with van der Waals surface area (Å²) in [7, 11) is 1.96. The quantitative estimate of drug-likeness (QED) is 0.919. The number of nitrogens with zero attached hydrogens (tertiary/aromatic N) is 2. The molecule has 0 bridgehead atoms. The SMILES string of the molecule is CC(O)c1ccc(Br)cc1OCCc1nccn1C. The van der Waals surface area contributed by atoms with Crippen molar-refractivity contribution in [2.24, 2.45) is 7.05 Å². The van der Waals surface area contributed by atoms with E-state index in [0.717, 1.165) is 22.3 Å². The first-order chi connectivity index (χ1) is 9.08. The van der Waals surface area contributed by atoms with Gasteiger partial charge in [0.25, 0.3) is 0 Å². The van der Waals surface area contributed by atoms with Crippen molar-refractivity contribution in [3.05, 3.63) is 46.5 Å². The predicted molar refractivity (Wildman–Crippen MR) is 77.2 cm³/mol. The summed E-state index contributed by atoms with van der Waals surface area (Å²) >= 11 is 3.41. The summed E-state index contributed by atoms with van der Waals surface area (Å²) in [5.41, 5.74) is 0.794. The van der Waals surface area contributed by atoms with Crippen LogP contribution < -0.4 is 4.74 Å². The van der Waals surface area contributed by atoms with Crippen LogP contribution in [-0.4, -0.2) is 21.3 Å². The highest BCUT2D eigenvalue weighted by Crippen LogP contribution is 2.28. The molecule has 5 heteroatoms. The number of hydrogen-bond donors (Lipinski definition) is 1. The van der Waals surface area contributed by atoms with Crippen molar-refractivity contribution < 1.29 is 9.84 Å². The number of aliphatic hydroxyl groups excluding tert-OH is 1. The lowest BCUT2D eigenvalue weighted by Crippen LogP contribution is -2.08. The van der Waals surface area contributed by atoms with Gasteiger partial charge in [0.2, 0.25) is 0 Å². The third kappa shape index (κ3) is 3.58. The highest BCUT2D eigenvalue weighted by Gasteiger charge is 2.10. The summed E-state index contributed by atoms with van der Waals surface area (Å²) in [6, 6.07) is 5.64. The number of hydrogen-bond acceptors (Lipinski definition) is 3. The Kier molecular flexibility index (Phi) is 4.61. The molecule has 2 rings (SSSR count). The highest BCUT2D eigenvalue weighted by molar-refractivity contribution is 9.10. The zero-order valence-electron chi connectivity index (χ0n) is 11.0. The lowest BCUT2D eigenvalue weighted by atomic mass is 10.1. The van der Waals surface area contributed by atoms with Crippen LogP contribution in [-0.2, 0) is 13.5 Å². The molecular formula is C14H17BrN2O2. The van der Waals surface area contributed by atoms with Crippen molar-refractivity contribution in [2.45, 2.75) is 19.4 Å². The average Bonchev–Trinajstić information content (AvgIpc) is 2.75. The van der Waals surface area contributed by atoms with Crippen LogP contribution in [0.1, 0.15) is 24.4 Å². The molecule has 2 aromatic rings. The summed E-state index contributed by atoms with van der Waals surface area (Å²) < 4.78 is 8.67. The fraction of sp³-hybridized carbons (Fsp3) is 0.357. The van der Waals surface area contributed by atoms with Gasteiger partial charge in [0.05, 0.1) is 12.7 Å². The molecule has 1 heterocycles. The van der Waals surface area contributed by atoms with E-state index >= 15 is 0 Å². The molecule has 19 heavy (non-hydrogen) atoms. The van der Waals surface area contributed by atoms with Crippen LogP contribution in [0, 0.1) is 0 Å². The van der Waals surface area contributed by atoms with Crippen LogP contribution in [0.5, 0.6) is 5.75 Å². The van der Waals surface area contributed by atoms with E-state index in [1.54, 1.807) is 13.1 Å². The summed E-state index contributed by atoms with van der Waals surface area (Å²) in [5, 5.41) is 9.71. The van der Waals surface area contributed by atoms with Crippen LogP contribution in [0.15, 0.2) is 35.1 Å². The second kappa shape index (κ2) is 6.21. The number of ether oxygens (including phenoxy) is 1. The largest absolute Gasteiger partial charge is 0.493 e. The van der Waals surface area contributed by atoms with E-state index in [9.17, 15) is 5.11 Å². The molecule has 0 fully saturated rings. The minimum atomic E-state index is -0.545. The Bertz CT molecular complexity index is 552. The van der Waals surface area contributed by atoms with Crippen molar-refractivity contribution in [1.29, 1.82) is 0 Å². The molecule has 1 atom stereocenters. The molecule has 102 valence electrons. The van der Waals surface area contributed by atoms with Crippen molar-refractivity contribution in [3.8, 4) is 5.75 Å². The second-order valence-electron chi connectivity index (χ2n) is 4.41. The first-order valence-electron chi connectivity index (χ1n) is 6.14. The van der Waals surface area contributed by atoms with Crippen LogP contribution >= 0.6 is 15.9 Å². The minimum absolute atomic E-state index is 0.529. The zero-order valence-corrected chi connectivity index (χ0v) is 12.6. The Balaban J connectivity index is 2.03. The number of halogens is 1. The van der Waals surface area contributed by atoms with Crippen LogP contribution in [0.3, 0.4) is 0 Å². The standard InChI is InChI=1S/C14H17BrN2O2/c1-10(18)12-4-3-11(15)9-13(12)19-8-5-14-16-6-7-17(14)2/h3-4,6-7,9-10,18H,5,8H2,1-2H3. The molecule has 1 N–H and O–H groups in total. The smallest absolute Gasteiger partial charge is 0.126 e. The molecule has 0 aliphatic carbocycles. The van der Waals surface area contributed by atoms with Crippen molar-refractivity contribution >= 4 is 15.9 Å². The van der Waals surface area contributed by atoms with E-state index < -0.39 is 6.10 Å². The van der Waals surface area contributed by atoms with Gasteiger partial charge in [-0.05, 0) is 19.1 Å². The van der Waals surface area contributed by atoms with Gasteiger partial charge in [-0.2, -0.15) is 0 Å². The Morgan fingerprint density at radius 1 is 1.47 bits per heavy atom. The van der Waals surface area contributed by atoms with Gasteiger partial charge in [-0.15, -0.1) is 0 Å². The number of aliphatic hydroxyl groups is 1. The molecule has 0 saturated heterocycles. The zero-order chi connectivity index (χ0) is 13.8. The lowest BCUT2D eigenvalue weighted by Gasteiger charge is -2.13. The number of aryl methyl sites for hydroxylation is 1. The molecule has 0 aliphatic rings. The second-order valence-corrected chi connectivity index (χ2v) is 5.33. The molecule has 0 aliphatic heterocycles. The highest BCUT2D eigenvalue weighted by atomic mass is 79.9. The number of rotatable bonds is 5. The topological polar surface area (TPSA) is 47.3 Å². The molecule has 1 aromatic heterocycles. The predicted octanol–water partition coefficient (Wildman–Crippen LogP) is 2.86. The molecule has 0 saturated carbocycles. The monoisotopic (exact) mass is 324 g/mol. The molecule has 1 aromatic carbocycles. The Morgan fingerprint density at radius 2 is 2.26 bits per heavy atom. The van der Waals surface area contributed by atoms with Gasteiger partial charge >= 0.3 is 0 Å². The van der Waals surface area contributed by atoms with Gasteiger partial charge in [-0.1, -0.05) is 22.0 Å². The molecule has 0 spiro atoms. The third-order valence-corrected chi connectivity index (χ3v) is 3.42. The van der Waals surface area contributed by atoms with E-state index in [-0.39, 0.29) is 0 Å². The first kappa shape index (κ1) is 14.1. The van der Waals surface area contributed by atoms with Gasteiger partial charge in [0.15, 0.2) is 0 Å². The lowest BCUT2D eigenvalue weighted by molar-refractivity contribution is 0.191. The number of imidazole rings is 1. The minimum Gasteiger partial charge on any atom is -0.493 e. The van der Waals surface area contributed by atoms with Crippen LogP contribution in [0.25, 0.3) is 0 Å².